The van der Waals surface area contributed by atoms with Gasteiger partial charge in [-0.15, -0.1) is 0 Å². The lowest BCUT2D eigenvalue weighted by Crippen LogP contribution is -2.23. The van der Waals surface area contributed by atoms with Gasteiger partial charge >= 0.3 is 0 Å². The molecule has 1 heteroatoms. The van der Waals surface area contributed by atoms with Crippen molar-refractivity contribution in [3.05, 3.63) is 89.1 Å². The molecule has 2 atom stereocenters. The molecule has 0 aliphatic carbocycles. The molecule has 3 rings (SSSR count). The molecule has 1 N–H and O–H groups in total. The summed E-state index contributed by atoms with van der Waals surface area (Å²) >= 11 is 0. The van der Waals surface area contributed by atoms with Gasteiger partial charge in [0.15, 0.2) is 0 Å². The maximum atomic E-state index is 3.94. The SMILES string of the molecule is C=Cc1ccccc1C1CC(c2cc(C)cc(C)c2)C=CN1. The summed E-state index contributed by atoms with van der Waals surface area (Å²) in [6.45, 7) is 8.29. The molecule has 1 aliphatic heterocycles. The van der Waals surface area contributed by atoms with E-state index in [2.05, 4.69) is 80.5 Å². The summed E-state index contributed by atoms with van der Waals surface area (Å²) in [5.74, 6) is 0.461. The van der Waals surface area contributed by atoms with Gasteiger partial charge in [-0.05, 0) is 43.2 Å². The van der Waals surface area contributed by atoms with Crippen LogP contribution in [0.1, 0.15) is 46.2 Å². The molecule has 2 aromatic rings. The van der Waals surface area contributed by atoms with Crippen LogP contribution in [0.15, 0.2) is 61.3 Å². The molecule has 0 amide bonds. The molecule has 0 aromatic heterocycles. The lowest BCUT2D eigenvalue weighted by Gasteiger charge is -2.28. The second-order valence-corrected chi connectivity index (χ2v) is 6.17. The van der Waals surface area contributed by atoms with Crippen LogP contribution in [-0.2, 0) is 0 Å². The minimum absolute atomic E-state index is 0.338. The third-order valence-electron chi connectivity index (χ3n) is 4.38. The zero-order valence-corrected chi connectivity index (χ0v) is 13.3. The van der Waals surface area contributed by atoms with Crippen LogP contribution in [0.2, 0.25) is 0 Å². The van der Waals surface area contributed by atoms with Crippen LogP contribution in [0, 0.1) is 13.8 Å². The van der Waals surface area contributed by atoms with E-state index >= 15 is 0 Å². The Morgan fingerprint density at radius 1 is 1.09 bits per heavy atom. The molecule has 22 heavy (non-hydrogen) atoms. The average Bonchev–Trinajstić information content (AvgIpc) is 2.54. The van der Waals surface area contributed by atoms with E-state index in [0.717, 1.165) is 6.42 Å². The second-order valence-electron chi connectivity index (χ2n) is 6.17. The van der Waals surface area contributed by atoms with Crippen molar-refractivity contribution in [3.8, 4) is 0 Å². The maximum Gasteiger partial charge on any atom is 0.0523 e. The van der Waals surface area contributed by atoms with Gasteiger partial charge in [0, 0.05) is 5.92 Å². The van der Waals surface area contributed by atoms with E-state index in [0.29, 0.717) is 12.0 Å². The number of aryl methyl sites for hydroxylation is 2. The quantitative estimate of drug-likeness (QED) is 0.810. The monoisotopic (exact) mass is 289 g/mol. The highest BCUT2D eigenvalue weighted by Crippen LogP contribution is 2.34. The molecule has 1 heterocycles. The van der Waals surface area contributed by atoms with Crippen molar-refractivity contribution in [1.82, 2.24) is 5.32 Å². The largest absolute Gasteiger partial charge is 0.384 e. The van der Waals surface area contributed by atoms with Crippen molar-refractivity contribution in [2.24, 2.45) is 0 Å². The van der Waals surface area contributed by atoms with Crippen molar-refractivity contribution in [1.29, 1.82) is 0 Å². The number of allylic oxidation sites excluding steroid dienone is 1. The number of rotatable bonds is 3. The Labute approximate surface area is 133 Å². The predicted octanol–water partition coefficient (Wildman–Crippen LogP) is 5.28. The molecule has 0 saturated heterocycles. The topological polar surface area (TPSA) is 12.0 Å². The van der Waals surface area contributed by atoms with Gasteiger partial charge in [-0.25, -0.2) is 0 Å². The van der Waals surface area contributed by atoms with E-state index in [1.165, 1.54) is 27.8 Å². The summed E-state index contributed by atoms with van der Waals surface area (Å²) in [6, 6.07) is 15.7. The highest BCUT2D eigenvalue weighted by Gasteiger charge is 2.21. The van der Waals surface area contributed by atoms with Crippen LogP contribution in [0.3, 0.4) is 0 Å². The van der Waals surface area contributed by atoms with Crippen LogP contribution in [-0.4, -0.2) is 0 Å². The molecule has 0 spiro atoms. The van der Waals surface area contributed by atoms with Crippen molar-refractivity contribution < 1.29 is 0 Å². The number of nitrogens with one attached hydrogen (secondary N) is 1. The van der Waals surface area contributed by atoms with E-state index in [1.54, 1.807) is 0 Å². The first-order valence-electron chi connectivity index (χ1n) is 7.89. The maximum absolute atomic E-state index is 3.94. The summed E-state index contributed by atoms with van der Waals surface area (Å²) in [5.41, 5.74) is 6.64. The Kier molecular flexibility index (Phi) is 4.15. The minimum atomic E-state index is 0.338. The third-order valence-corrected chi connectivity index (χ3v) is 4.38. The molecule has 0 bridgehead atoms. The molecule has 0 fully saturated rings. The first-order valence-corrected chi connectivity index (χ1v) is 7.89. The lowest BCUT2D eigenvalue weighted by atomic mass is 9.85. The zero-order chi connectivity index (χ0) is 15.5. The van der Waals surface area contributed by atoms with Crippen molar-refractivity contribution in [3.63, 3.8) is 0 Å². The van der Waals surface area contributed by atoms with Crippen LogP contribution in [0.5, 0.6) is 0 Å². The van der Waals surface area contributed by atoms with Gasteiger partial charge in [-0.1, -0.05) is 72.3 Å². The van der Waals surface area contributed by atoms with Crippen LogP contribution in [0.25, 0.3) is 6.08 Å². The summed E-state index contributed by atoms with van der Waals surface area (Å²) in [6.07, 6.45) is 7.41. The Hall–Kier alpha value is -2.28. The summed E-state index contributed by atoms with van der Waals surface area (Å²) in [5, 5.41) is 3.51. The zero-order valence-electron chi connectivity index (χ0n) is 13.3. The fourth-order valence-corrected chi connectivity index (χ4v) is 3.39. The van der Waals surface area contributed by atoms with E-state index in [4.69, 9.17) is 0 Å². The van der Waals surface area contributed by atoms with Crippen LogP contribution in [0.4, 0.5) is 0 Å². The first-order chi connectivity index (χ1) is 10.7. The molecular weight excluding hydrogens is 266 g/mol. The lowest BCUT2D eigenvalue weighted by molar-refractivity contribution is 0.513. The van der Waals surface area contributed by atoms with Gasteiger partial charge in [0.05, 0.1) is 6.04 Å². The molecule has 2 aromatic carbocycles. The van der Waals surface area contributed by atoms with E-state index in [1.807, 2.05) is 6.08 Å². The average molecular weight is 289 g/mol. The summed E-state index contributed by atoms with van der Waals surface area (Å²) in [4.78, 5) is 0. The number of hydrogen-bond acceptors (Lipinski definition) is 1. The van der Waals surface area contributed by atoms with Crippen LogP contribution < -0.4 is 5.32 Å². The highest BCUT2D eigenvalue weighted by atomic mass is 14.9. The van der Waals surface area contributed by atoms with E-state index < -0.39 is 0 Å². The molecule has 0 radical (unpaired) electrons. The fraction of sp³-hybridized carbons (Fsp3) is 0.238. The highest BCUT2D eigenvalue weighted by molar-refractivity contribution is 5.53. The van der Waals surface area contributed by atoms with Gasteiger partial charge in [0.25, 0.3) is 0 Å². The van der Waals surface area contributed by atoms with Crippen LogP contribution >= 0.6 is 0 Å². The number of benzene rings is 2. The Morgan fingerprint density at radius 3 is 2.55 bits per heavy atom. The Balaban J connectivity index is 1.90. The normalized spacial score (nSPS) is 20.5. The van der Waals surface area contributed by atoms with Gasteiger partial charge in [0.2, 0.25) is 0 Å². The fourth-order valence-electron chi connectivity index (χ4n) is 3.39. The predicted molar refractivity (Wildman–Crippen MR) is 94.8 cm³/mol. The van der Waals surface area contributed by atoms with Gasteiger partial charge in [-0.3, -0.25) is 0 Å². The van der Waals surface area contributed by atoms with Gasteiger partial charge < -0.3 is 5.32 Å². The number of hydrogen-bond donors (Lipinski definition) is 1. The van der Waals surface area contributed by atoms with E-state index in [9.17, 15) is 0 Å². The summed E-state index contributed by atoms with van der Waals surface area (Å²) < 4.78 is 0. The Morgan fingerprint density at radius 2 is 1.82 bits per heavy atom. The molecule has 1 nitrogen and oxygen atoms in total. The molecule has 1 aliphatic rings. The third kappa shape index (κ3) is 2.99. The standard InChI is InChI=1S/C21H23N/c1-4-17-7-5-6-8-20(17)21-14-18(9-10-22-21)19-12-15(2)11-16(3)13-19/h4-13,18,21-22H,1,14H2,2-3H3. The van der Waals surface area contributed by atoms with E-state index in [-0.39, 0.29) is 0 Å². The molecule has 2 unspecified atom stereocenters. The smallest absolute Gasteiger partial charge is 0.0523 e. The Bertz CT molecular complexity index is 691. The van der Waals surface area contributed by atoms with Crippen molar-refractivity contribution in [2.45, 2.75) is 32.2 Å². The molecule has 0 saturated carbocycles. The molecule has 112 valence electrons. The second kappa shape index (κ2) is 6.23. The minimum Gasteiger partial charge on any atom is -0.384 e. The summed E-state index contributed by atoms with van der Waals surface area (Å²) in [7, 11) is 0. The first kappa shape index (κ1) is 14.6. The molecular formula is C21H23N. The van der Waals surface area contributed by atoms with Crippen molar-refractivity contribution >= 4 is 6.08 Å². The van der Waals surface area contributed by atoms with Gasteiger partial charge in [-0.2, -0.15) is 0 Å². The van der Waals surface area contributed by atoms with Crippen molar-refractivity contribution in [2.75, 3.05) is 0 Å². The van der Waals surface area contributed by atoms with Gasteiger partial charge in [0.1, 0.15) is 0 Å².